The maximum Gasteiger partial charge on any atom is 0.308 e. The Morgan fingerprint density at radius 1 is 1.44 bits per heavy atom. The maximum absolute atomic E-state index is 11.0. The van der Waals surface area contributed by atoms with Crippen molar-refractivity contribution in [1.29, 1.82) is 0 Å². The highest BCUT2D eigenvalue weighted by atomic mass is 16.4. The molecule has 1 saturated heterocycles. The molecule has 0 aliphatic carbocycles. The van der Waals surface area contributed by atoms with Crippen LogP contribution in [0.1, 0.15) is 12.5 Å². The molecule has 0 radical (unpaired) electrons. The third kappa shape index (κ3) is 1.98. The van der Waals surface area contributed by atoms with Crippen molar-refractivity contribution in [3.05, 3.63) is 18.0 Å². The molecular weight excluding hydrogens is 206 g/mol. The molecule has 86 valence electrons. The van der Waals surface area contributed by atoms with Crippen molar-refractivity contribution in [3.8, 4) is 0 Å². The van der Waals surface area contributed by atoms with Gasteiger partial charge in [-0.2, -0.15) is 0 Å². The summed E-state index contributed by atoms with van der Waals surface area (Å²) in [6.07, 6.45) is 3.50. The van der Waals surface area contributed by atoms with Gasteiger partial charge >= 0.3 is 5.97 Å². The van der Waals surface area contributed by atoms with Crippen molar-refractivity contribution in [2.45, 2.75) is 13.8 Å². The molecule has 1 aliphatic rings. The van der Waals surface area contributed by atoms with E-state index in [9.17, 15) is 4.79 Å². The summed E-state index contributed by atoms with van der Waals surface area (Å²) in [6, 6.07) is 0. The zero-order chi connectivity index (χ0) is 11.7. The topological polar surface area (TPSA) is 66.3 Å². The predicted molar refractivity (Wildman–Crippen MR) is 59.3 cm³/mol. The Hall–Kier alpha value is -1.65. The zero-order valence-electron chi connectivity index (χ0n) is 9.42. The Kier molecular flexibility index (Phi) is 2.77. The number of rotatable bonds is 2. The number of carboxylic acid groups (broad SMARTS) is 1. The number of carbonyl (C=O) groups is 1. The zero-order valence-corrected chi connectivity index (χ0v) is 9.42. The Morgan fingerprint density at radius 3 is 2.56 bits per heavy atom. The molecule has 5 nitrogen and oxygen atoms in total. The number of hydrogen-bond acceptors (Lipinski definition) is 4. The van der Waals surface area contributed by atoms with E-state index >= 15 is 0 Å². The van der Waals surface area contributed by atoms with E-state index in [1.54, 1.807) is 12.4 Å². The van der Waals surface area contributed by atoms with E-state index in [1.807, 2.05) is 18.7 Å². The minimum Gasteiger partial charge on any atom is -0.481 e. The molecule has 2 unspecified atom stereocenters. The molecule has 1 aromatic heterocycles. The summed E-state index contributed by atoms with van der Waals surface area (Å²) in [6.45, 7) is 5.09. The van der Waals surface area contributed by atoms with Crippen molar-refractivity contribution < 1.29 is 9.90 Å². The minimum atomic E-state index is -0.734. The van der Waals surface area contributed by atoms with Crippen molar-refractivity contribution in [3.63, 3.8) is 0 Å². The summed E-state index contributed by atoms with van der Waals surface area (Å²) in [5.74, 6) is -0.282. The highest BCUT2D eigenvalue weighted by Crippen LogP contribution is 2.25. The molecule has 0 spiro atoms. The van der Waals surface area contributed by atoms with Gasteiger partial charge in [0.2, 0.25) is 5.95 Å². The van der Waals surface area contributed by atoms with Crippen LogP contribution in [0.4, 0.5) is 5.95 Å². The van der Waals surface area contributed by atoms with Crippen molar-refractivity contribution in [2.24, 2.45) is 11.8 Å². The summed E-state index contributed by atoms with van der Waals surface area (Å²) in [5.41, 5.74) is 1.01. The molecule has 2 atom stereocenters. The van der Waals surface area contributed by atoms with E-state index in [0.29, 0.717) is 19.0 Å². The maximum atomic E-state index is 11.0. The lowest BCUT2D eigenvalue weighted by Gasteiger charge is -2.15. The molecule has 1 aromatic rings. The van der Waals surface area contributed by atoms with E-state index in [-0.39, 0.29) is 11.8 Å². The molecule has 0 amide bonds. The van der Waals surface area contributed by atoms with Crippen LogP contribution in [0.5, 0.6) is 0 Å². The van der Waals surface area contributed by atoms with Crippen molar-refractivity contribution in [2.75, 3.05) is 18.0 Å². The molecule has 1 fully saturated rings. The summed E-state index contributed by atoms with van der Waals surface area (Å²) < 4.78 is 0. The second-order valence-corrected chi connectivity index (χ2v) is 4.39. The van der Waals surface area contributed by atoms with Crippen LogP contribution in [-0.4, -0.2) is 34.1 Å². The number of aromatic nitrogens is 2. The Balaban J connectivity index is 2.13. The number of aryl methyl sites for hydroxylation is 1. The van der Waals surface area contributed by atoms with Crippen LogP contribution in [0.3, 0.4) is 0 Å². The average molecular weight is 221 g/mol. The second kappa shape index (κ2) is 4.08. The number of carboxylic acids is 1. The largest absolute Gasteiger partial charge is 0.481 e. The van der Waals surface area contributed by atoms with E-state index < -0.39 is 5.97 Å². The predicted octanol–water partition coefficient (Wildman–Crippen LogP) is 0.942. The Morgan fingerprint density at radius 2 is 2.06 bits per heavy atom. The summed E-state index contributed by atoms with van der Waals surface area (Å²) in [5, 5.41) is 9.02. The van der Waals surface area contributed by atoms with Gasteiger partial charge in [-0.25, -0.2) is 9.97 Å². The highest BCUT2D eigenvalue weighted by Gasteiger charge is 2.35. The lowest BCUT2D eigenvalue weighted by molar-refractivity contribution is -0.142. The number of nitrogens with zero attached hydrogens (tertiary/aromatic N) is 3. The van der Waals surface area contributed by atoms with Gasteiger partial charge in [-0.15, -0.1) is 0 Å². The lowest BCUT2D eigenvalue weighted by atomic mass is 9.99. The quantitative estimate of drug-likeness (QED) is 0.805. The Labute approximate surface area is 94.1 Å². The van der Waals surface area contributed by atoms with Gasteiger partial charge in [-0.3, -0.25) is 4.79 Å². The van der Waals surface area contributed by atoms with E-state index in [2.05, 4.69) is 9.97 Å². The molecule has 0 saturated carbocycles. The summed E-state index contributed by atoms with van der Waals surface area (Å²) in [7, 11) is 0. The molecule has 16 heavy (non-hydrogen) atoms. The van der Waals surface area contributed by atoms with Crippen LogP contribution >= 0.6 is 0 Å². The van der Waals surface area contributed by atoms with Crippen LogP contribution in [-0.2, 0) is 4.79 Å². The van der Waals surface area contributed by atoms with Crippen LogP contribution in [0.2, 0.25) is 0 Å². The highest BCUT2D eigenvalue weighted by molar-refractivity contribution is 5.72. The van der Waals surface area contributed by atoms with Gasteiger partial charge in [0, 0.05) is 25.5 Å². The van der Waals surface area contributed by atoms with Gasteiger partial charge in [-0.05, 0) is 18.4 Å². The molecule has 2 heterocycles. The van der Waals surface area contributed by atoms with Gasteiger partial charge in [0.05, 0.1) is 5.92 Å². The minimum absolute atomic E-state index is 0.141. The van der Waals surface area contributed by atoms with Crippen molar-refractivity contribution in [1.82, 2.24) is 9.97 Å². The fraction of sp³-hybridized carbons (Fsp3) is 0.545. The van der Waals surface area contributed by atoms with Gasteiger partial charge < -0.3 is 10.0 Å². The third-order valence-electron chi connectivity index (χ3n) is 2.98. The molecule has 1 N–H and O–H groups in total. The van der Waals surface area contributed by atoms with Crippen LogP contribution in [0, 0.1) is 18.8 Å². The standard InChI is InChI=1S/C11H15N3O2/c1-7-3-12-11(13-4-7)14-5-8(2)9(6-14)10(15)16/h3-4,8-9H,5-6H2,1-2H3,(H,15,16). The molecule has 5 heteroatoms. The first-order chi connectivity index (χ1) is 7.58. The average Bonchev–Trinajstić information content (AvgIpc) is 2.61. The fourth-order valence-electron chi connectivity index (χ4n) is 2.00. The molecule has 0 bridgehead atoms. The van der Waals surface area contributed by atoms with Gasteiger partial charge in [0.15, 0.2) is 0 Å². The fourth-order valence-corrected chi connectivity index (χ4v) is 2.00. The molecule has 0 aromatic carbocycles. The first-order valence-electron chi connectivity index (χ1n) is 5.34. The van der Waals surface area contributed by atoms with E-state index in [1.165, 1.54) is 0 Å². The number of hydrogen-bond donors (Lipinski definition) is 1. The number of aliphatic carboxylic acids is 1. The molecule has 2 rings (SSSR count). The van der Waals surface area contributed by atoms with Crippen LogP contribution < -0.4 is 4.90 Å². The summed E-state index contributed by atoms with van der Waals surface area (Å²) in [4.78, 5) is 21.3. The van der Waals surface area contributed by atoms with Crippen molar-refractivity contribution >= 4 is 11.9 Å². The Bertz CT molecular complexity index is 391. The first kappa shape index (κ1) is 10.9. The van der Waals surface area contributed by atoms with Gasteiger partial charge in [0.1, 0.15) is 0 Å². The van der Waals surface area contributed by atoms with E-state index in [4.69, 9.17) is 5.11 Å². The molecular formula is C11H15N3O2. The van der Waals surface area contributed by atoms with Gasteiger partial charge in [-0.1, -0.05) is 6.92 Å². The van der Waals surface area contributed by atoms with Crippen LogP contribution in [0.25, 0.3) is 0 Å². The summed E-state index contributed by atoms with van der Waals surface area (Å²) >= 11 is 0. The van der Waals surface area contributed by atoms with Crippen LogP contribution in [0.15, 0.2) is 12.4 Å². The lowest BCUT2D eigenvalue weighted by Crippen LogP contribution is -2.24. The molecule has 1 aliphatic heterocycles. The van der Waals surface area contributed by atoms with E-state index in [0.717, 1.165) is 5.56 Å². The first-order valence-corrected chi connectivity index (χ1v) is 5.34. The third-order valence-corrected chi connectivity index (χ3v) is 2.98. The second-order valence-electron chi connectivity index (χ2n) is 4.39. The SMILES string of the molecule is Cc1cnc(N2CC(C)C(C(=O)O)C2)nc1. The monoisotopic (exact) mass is 221 g/mol. The smallest absolute Gasteiger partial charge is 0.308 e. The van der Waals surface area contributed by atoms with Gasteiger partial charge in [0.25, 0.3) is 0 Å². The number of anilines is 1. The normalized spacial score (nSPS) is 24.8.